The van der Waals surface area contributed by atoms with Gasteiger partial charge >= 0.3 is 5.69 Å². The van der Waals surface area contributed by atoms with Gasteiger partial charge in [-0.25, -0.2) is 9.37 Å². The zero-order chi connectivity index (χ0) is 16.9. The minimum Gasteiger partial charge on any atom is -0.352 e. The van der Waals surface area contributed by atoms with E-state index in [4.69, 9.17) is 0 Å². The van der Waals surface area contributed by atoms with E-state index in [0.29, 0.717) is 11.3 Å². The van der Waals surface area contributed by atoms with Crippen LogP contribution in [0.25, 0.3) is 0 Å². The molecule has 3 aromatic rings. The predicted molar refractivity (Wildman–Crippen MR) is 87.0 cm³/mol. The van der Waals surface area contributed by atoms with E-state index in [1.807, 2.05) is 0 Å². The van der Waals surface area contributed by atoms with Crippen LogP contribution >= 0.6 is 0 Å². The lowest BCUT2D eigenvalue weighted by Crippen LogP contribution is -2.15. The third kappa shape index (κ3) is 3.35. The Hall–Kier alpha value is -3.35. The fourth-order valence-electron chi connectivity index (χ4n) is 2.35. The molecule has 3 rings (SSSR count). The molecule has 2 aromatic heterocycles. The molecule has 0 radical (unpaired) electrons. The van der Waals surface area contributed by atoms with Gasteiger partial charge < -0.3 is 5.32 Å². The average Bonchev–Trinajstić information content (AvgIpc) is 2.60. The van der Waals surface area contributed by atoms with Crippen LogP contribution in [0.3, 0.4) is 0 Å². The predicted octanol–water partition coefficient (Wildman–Crippen LogP) is 3.73. The summed E-state index contributed by atoms with van der Waals surface area (Å²) in [6, 6.07) is 13.6. The largest absolute Gasteiger partial charge is 0.352 e. The molecule has 0 fully saturated rings. The summed E-state index contributed by atoms with van der Waals surface area (Å²) in [6.45, 7) is 0. The number of aromatic nitrogens is 2. The van der Waals surface area contributed by atoms with E-state index in [1.54, 1.807) is 36.5 Å². The highest BCUT2D eigenvalue weighted by Crippen LogP contribution is 2.29. The van der Waals surface area contributed by atoms with Gasteiger partial charge in [0.15, 0.2) is 0 Å². The number of anilines is 1. The topological polar surface area (TPSA) is 81.0 Å². The summed E-state index contributed by atoms with van der Waals surface area (Å²) < 4.78 is 13.6. The summed E-state index contributed by atoms with van der Waals surface area (Å²) in [5.74, 6) is -0.298. The summed E-state index contributed by atoms with van der Waals surface area (Å²) in [4.78, 5) is 19.0. The van der Waals surface area contributed by atoms with Crippen molar-refractivity contribution in [1.29, 1.82) is 0 Å². The van der Waals surface area contributed by atoms with Gasteiger partial charge in [-0.1, -0.05) is 18.2 Å². The molecule has 0 spiro atoms. The second-order valence-electron chi connectivity index (χ2n) is 5.02. The van der Waals surface area contributed by atoms with Crippen LogP contribution in [0.5, 0.6) is 0 Å². The Morgan fingerprint density at radius 2 is 1.88 bits per heavy atom. The summed E-state index contributed by atoms with van der Waals surface area (Å²) in [7, 11) is 0. The molecule has 0 amide bonds. The molecule has 1 atom stereocenters. The maximum Gasteiger partial charge on any atom is 0.311 e. The zero-order valence-electron chi connectivity index (χ0n) is 12.5. The summed E-state index contributed by atoms with van der Waals surface area (Å²) in [6.07, 6.45) is 3.06. The third-order valence-electron chi connectivity index (χ3n) is 3.43. The summed E-state index contributed by atoms with van der Waals surface area (Å²) in [5, 5.41) is 14.2. The van der Waals surface area contributed by atoms with E-state index in [9.17, 15) is 14.5 Å². The number of halogens is 1. The van der Waals surface area contributed by atoms with E-state index in [-0.39, 0.29) is 11.5 Å². The first-order valence-electron chi connectivity index (χ1n) is 7.17. The lowest BCUT2D eigenvalue weighted by molar-refractivity contribution is -0.384. The molecule has 1 unspecified atom stereocenters. The number of nitro groups is 1. The van der Waals surface area contributed by atoms with E-state index < -0.39 is 16.8 Å². The Morgan fingerprint density at radius 1 is 1.04 bits per heavy atom. The molecular formula is C17H13FN4O2. The molecule has 0 aliphatic rings. The standard InChI is InChI=1S/C17H13FN4O2/c18-13-6-3-5-12(11-13)16(14-7-1-2-9-19-14)21-17-15(22(23)24)8-4-10-20-17/h1-11,16H,(H,20,21). The molecule has 6 nitrogen and oxygen atoms in total. The van der Waals surface area contributed by atoms with Crippen molar-refractivity contribution < 1.29 is 9.31 Å². The summed E-state index contributed by atoms with van der Waals surface area (Å²) >= 11 is 0. The number of hydrogen-bond acceptors (Lipinski definition) is 5. The van der Waals surface area contributed by atoms with Crippen molar-refractivity contribution in [1.82, 2.24) is 9.97 Å². The average molecular weight is 324 g/mol. The van der Waals surface area contributed by atoms with Crippen LogP contribution in [0.1, 0.15) is 17.3 Å². The van der Waals surface area contributed by atoms with Gasteiger partial charge in [-0.3, -0.25) is 15.1 Å². The minimum absolute atomic E-state index is 0.0995. The van der Waals surface area contributed by atoms with Crippen molar-refractivity contribution in [2.75, 3.05) is 5.32 Å². The zero-order valence-corrected chi connectivity index (χ0v) is 12.5. The normalized spacial score (nSPS) is 11.7. The number of hydrogen-bond donors (Lipinski definition) is 1. The monoisotopic (exact) mass is 324 g/mol. The van der Waals surface area contributed by atoms with Crippen molar-refractivity contribution in [3.8, 4) is 0 Å². The van der Waals surface area contributed by atoms with Gasteiger partial charge in [0.05, 0.1) is 16.7 Å². The van der Waals surface area contributed by atoms with Crippen molar-refractivity contribution >= 4 is 11.5 Å². The van der Waals surface area contributed by atoms with Gasteiger partial charge in [-0.15, -0.1) is 0 Å². The fraction of sp³-hybridized carbons (Fsp3) is 0.0588. The molecule has 0 aliphatic heterocycles. The number of rotatable bonds is 5. The molecule has 0 saturated heterocycles. The number of pyridine rings is 2. The molecule has 2 heterocycles. The Balaban J connectivity index is 2.05. The highest BCUT2D eigenvalue weighted by atomic mass is 19.1. The first kappa shape index (κ1) is 15.5. The van der Waals surface area contributed by atoms with Crippen molar-refractivity contribution in [3.05, 3.63) is 94.2 Å². The maximum absolute atomic E-state index is 13.6. The minimum atomic E-state index is -0.574. The quantitative estimate of drug-likeness (QED) is 0.571. The Morgan fingerprint density at radius 3 is 2.58 bits per heavy atom. The van der Waals surface area contributed by atoms with Gasteiger partial charge in [0.2, 0.25) is 5.82 Å². The molecular weight excluding hydrogens is 311 g/mol. The van der Waals surface area contributed by atoms with Crippen molar-refractivity contribution in [3.63, 3.8) is 0 Å². The lowest BCUT2D eigenvalue weighted by atomic mass is 10.0. The summed E-state index contributed by atoms with van der Waals surface area (Å²) in [5.41, 5.74) is 1.03. The molecule has 0 saturated carbocycles. The second kappa shape index (κ2) is 6.82. The Kier molecular flexibility index (Phi) is 4.42. The first-order valence-corrected chi connectivity index (χ1v) is 7.17. The van der Waals surface area contributed by atoms with E-state index in [1.165, 1.54) is 30.5 Å². The molecule has 0 aliphatic carbocycles. The van der Waals surface area contributed by atoms with Gasteiger partial charge in [0.25, 0.3) is 0 Å². The molecule has 7 heteroatoms. The SMILES string of the molecule is O=[N+]([O-])c1cccnc1NC(c1cccc(F)c1)c1ccccn1. The van der Waals surface area contributed by atoms with Gasteiger partial charge in [-0.05, 0) is 35.9 Å². The second-order valence-corrected chi connectivity index (χ2v) is 5.02. The van der Waals surface area contributed by atoms with Crippen molar-refractivity contribution in [2.45, 2.75) is 6.04 Å². The van der Waals surface area contributed by atoms with E-state index in [0.717, 1.165) is 0 Å². The number of benzene rings is 1. The van der Waals surface area contributed by atoms with Gasteiger partial charge in [0, 0.05) is 18.5 Å². The Labute approximate surface area is 137 Å². The third-order valence-corrected chi connectivity index (χ3v) is 3.43. The molecule has 1 aromatic carbocycles. The highest BCUT2D eigenvalue weighted by Gasteiger charge is 2.21. The number of nitrogens with one attached hydrogen (secondary N) is 1. The maximum atomic E-state index is 13.6. The molecule has 1 N–H and O–H groups in total. The Bertz CT molecular complexity index is 858. The van der Waals surface area contributed by atoms with Gasteiger partial charge in [0.1, 0.15) is 5.82 Å². The van der Waals surface area contributed by atoms with Crippen LogP contribution in [-0.2, 0) is 0 Å². The highest BCUT2D eigenvalue weighted by molar-refractivity contribution is 5.57. The molecule has 120 valence electrons. The van der Waals surface area contributed by atoms with Crippen LogP contribution in [0.2, 0.25) is 0 Å². The van der Waals surface area contributed by atoms with Crippen molar-refractivity contribution in [2.24, 2.45) is 0 Å². The molecule has 24 heavy (non-hydrogen) atoms. The van der Waals surface area contributed by atoms with Crippen LogP contribution in [0, 0.1) is 15.9 Å². The molecule has 0 bridgehead atoms. The lowest BCUT2D eigenvalue weighted by Gasteiger charge is -2.19. The van der Waals surface area contributed by atoms with Crippen LogP contribution in [-0.4, -0.2) is 14.9 Å². The van der Waals surface area contributed by atoms with Gasteiger partial charge in [-0.2, -0.15) is 0 Å². The first-order chi connectivity index (χ1) is 11.6. The van der Waals surface area contributed by atoms with E-state index >= 15 is 0 Å². The number of nitrogens with zero attached hydrogens (tertiary/aromatic N) is 3. The van der Waals surface area contributed by atoms with Crippen LogP contribution in [0.15, 0.2) is 67.0 Å². The fourth-order valence-corrected chi connectivity index (χ4v) is 2.35. The van der Waals surface area contributed by atoms with Crippen LogP contribution < -0.4 is 5.32 Å². The van der Waals surface area contributed by atoms with E-state index in [2.05, 4.69) is 15.3 Å². The van der Waals surface area contributed by atoms with Crippen LogP contribution in [0.4, 0.5) is 15.9 Å². The smallest absolute Gasteiger partial charge is 0.311 e.